The molecule has 5 rings (SSSR count). The van der Waals surface area contributed by atoms with Gasteiger partial charge in [-0.3, -0.25) is 18.9 Å². The van der Waals surface area contributed by atoms with E-state index in [0.717, 1.165) is 41.7 Å². The first-order valence-electron chi connectivity index (χ1n) is 11.5. The van der Waals surface area contributed by atoms with Crippen molar-refractivity contribution in [2.45, 2.75) is 38.8 Å². The van der Waals surface area contributed by atoms with E-state index in [1.54, 1.807) is 7.11 Å². The SMILES string of the molecule is C=CC1CN2CCC1CC2[C@H](NP(=O)(OCC)OCC)c1ccnc2ccc(OC)cc12. The van der Waals surface area contributed by atoms with Crippen molar-refractivity contribution in [3.8, 4) is 5.75 Å². The molecule has 2 bridgehead atoms. The van der Waals surface area contributed by atoms with Crippen molar-refractivity contribution in [1.29, 1.82) is 0 Å². The van der Waals surface area contributed by atoms with Crippen molar-refractivity contribution in [3.05, 3.63) is 48.7 Å². The quantitative estimate of drug-likeness (QED) is 0.398. The first kappa shape index (κ1) is 23.4. The lowest BCUT2D eigenvalue weighted by atomic mass is 9.73. The van der Waals surface area contributed by atoms with Gasteiger partial charge in [0.15, 0.2) is 0 Å². The van der Waals surface area contributed by atoms with E-state index in [-0.39, 0.29) is 12.1 Å². The Morgan fingerprint density at radius 2 is 2.09 bits per heavy atom. The molecule has 0 aliphatic carbocycles. The first-order valence-corrected chi connectivity index (χ1v) is 13.0. The topological polar surface area (TPSA) is 72.9 Å². The van der Waals surface area contributed by atoms with Gasteiger partial charge in [0.2, 0.25) is 0 Å². The standard InChI is InChI=1S/C24H34N3O4P/c1-5-17-16-27-13-11-18(17)14-23(27)24(26-32(28,30-6-2)31-7-3)20-10-12-25-22-9-8-19(29-4)15-21(20)22/h5,8-10,12,15,17-18,23-24H,1,6-7,11,13-14,16H2,2-4H3,(H,26,28)/t17?,18?,23?,24-/m1/s1. The Hall–Kier alpha value is -1.76. The lowest BCUT2D eigenvalue weighted by Crippen LogP contribution is -2.56. The Morgan fingerprint density at radius 1 is 1.31 bits per heavy atom. The van der Waals surface area contributed by atoms with Gasteiger partial charge in [-0.05, 0) is 74.9 Å². The largest absolute Gasteiger partial charge is 0.497 e. The molecule has 3 fully saturated rings. The van der Waals surface area contributed by atoms with E-state index in [1.165, 1.54) is 6.42 Å². The number of piperidine rings is 3. The summed E-state index contributed by atoms with van der Waals surface area (Å²) in [5.41, 5.74) is 1.90. The van der Waals surface area contributed by atoms with E-state index in [2.05, 4.69) is 27.6 Å². The molecule has 2 aromatic rings. The molecule has 1 N–H and O–H groups in total. The van der Waals surface area contributed by atoms with E-state index >= 15 is 0 Å². The van der Waals surface area contributed by atoms with Crippen LogP contribution in [0.15, 0.2) is 43.1 Å². The molecule has 0 saturated carbocycles. The highest BCUT2D eigenvalue weighted by Crippen LogP contribution is 2.50. The van der Waals surface area contributed by atoms with Crippen molar-refractivity contribution >= 4 is 18.6 Å². The average molecular weight is 460 g/mol. The molecular weight excluding hydrogens is 425 g/mol. The minimum Gasteiger partial charge on any atom is -0.497 e. The number of ether oxygens (including phenoxy) is 1. The van der Waals surface area contributed by atoms with Gasteiger partial charge in [-0.15, -0.1) is 6.58 Å². The molecule has 8 heteroatoms. The monoisotopic (exact) mass is 459 g/mol. The number of nitrogens with one attached hydrogen (secondary N) is 1. The van der Waals surface area contributed by atoms with Crippen LogP contribution >= 0.6 is 7.75 Å². The zero-order valence-corrected chi connectivity index (χ0v) is 20.1. The first-order chi connectivity index (χ1) is 15.5. The van der Waals surface area contributed by atoms with E-state index in [4.69, 9.17) is 13.8 Å². The number of aromatic nitrogens is 1. The Bertz CT molecular complexity index is 990. The predicted molar refractivity (Wildman–Crippen MR) is 127 cm³/mol. The van der Waals surface area contributed by atoms with E-state index in [1.807, 2.05) is 44.3 Å². The molecule has 3 saturated heterocycles. The van der Waals surface area contributed by atoms with Gasteiger partial charge in [0.1, 0.15) is 5.75 Å². The minimum absolute atomic E-state index is 0.163. The van der Waals surface area contributed by atoms with Gasteiger partial charge >= 0.3 is 7.75 Å². The summed E-state index contributed by atoms with van der Waals surface area (Å²) >= 11 is 0. The molecule has 1 aromatic carbocycles. The second-order valence-electron chi connectivity index (χ2n) is 8.47. The lowest BCUT2D eigenvalue weighted by Gasteiger charge is -2.52. The predicted octanol–water partition coefficient (Wildman–Crippen LogP) is 4.95. The number of hydrogen-bond donors (Lipinski definition) is 1. The summed E-state index contributed by atoms with van der Waals surface area (Å²) in [6, 6.07) is 7.80. The third kappa shape index (κ3) is 4.63. The number of pyridine rings is 1. The summed E-state index contributed by atoms with van der Waals surface area (Å²) in [5, 5.41) is 4.32. The summed E-state index contributed by atoms with van der Waals surface area (Å²) in [6.45, 7) is 10.3. The van der Waals surface area contributed by atoms with Gasteiger partial charge in [-0.1, -0.05) is 6.08 Å². The fourth-order valence-electron chi connectivity index (χ4n) is 5.25. The number of rotatable bonds is 10. The number of benzene rings is 1. The van der Waals surface area contributed by atoms with Crippen molar-refractivity contribution in [2.75, 3.05) is 33.4 Å². The summed E-state index contributed by atoms with van der Waals surface area (Å²) < 4.78 is 30.4. The number of fused-ring (bicyclic) bond motifs is 4. The molecule has 174 valence electrons. The van der Waals surface area contributed by atoms with Gasteiger partial charge in [-0.25, -0.2) is 9.65 Å². The number of nitrogens with zero attached hydrogens (tertiary/aromatic N) is 2. The van der Waals surface area contributed by atoms with Crippen LogP contribution < -0.4 is 9.82 Å². The van der Waals surface area contributed by atoms with Crippen molar-refractivity contribution < 1.29 is 18.3 Å². The summed E-state index contributed by atoms with van der Waals surface area (Å²) in [6.07, 6.45) is 6.07. The van der Waals surface area contributed by atoms with E-state index < -0.39 is 7.75 Å². The smallest absolute Gasteiger partial charge is 0.406 e. The Morgan fingerprint density at radius 3 is 2.72 bits per heavy atom. The summed E-state index contributed by atoms with van der Waals surface area (Å²) in [5.74, 6) is 1.84. The number of methoxy groups -OCH3 is 1. The average Bonchev–Trinajstić information content (AvgIpc) is 2.82. The molecule has 0 radical (unpaired) electrons. The maximum atomic E-state index is 13.6. The molecule has 0 amide bonds. The number of hydrogen-bond acceptors (Lipinski definition) is 6. The molecule has 4 unspecified atom stereocenters. The normalized spacial score (nSPS) is 26.2. The highest BCUT2D eigenvalue weighted by molar-refractivity contribution is 7.51. The van der Waals surface area contributed by atoms with Crippen LogP contribution in [0.3, 0.4) is 0 Å². The molecule has 1 aromatic heterocycles. The van der Waals surface area contributed by atoms with Crippen LogP contribution in [-0.4, -0.2) is 49.3 Å². The highest BCUT2D eigenvalue weighted by Gasteiger charge is 2.45. The van der Waals surface area contributed by atoms with Gasteiger partial charge in [-0.2, -0.15) is 0 Å². The Balaban J connectivity index is 1.79. The Kier molecular flexibility index (Phi) is 7.33. The van der Waals surface area contributed by atoms with Gasteiger partial charge in [0.25, 0.3) is 0 Å². The van der Waals surface area contributed by atoms with Crippen LogP contribution in [0.4, 0.5) is 0 Å². The van der Waals surface area contributed by atoms with Crippen molar-refractivity contribution in [1.82, 2.24) is 15.0 Å². The van der Waals surface area contributed by atoms with Crippen molar-refractivity contribution in [3.63, 3.8) is 0 Å². The van der Waals surface area contributed by atoms with Crippen LogP contribution in [-0.2, 0) is 13.6 Å². The molecule has 32 heavy (non-hydrogen) atoms. The minimum atomic E-state index is -3.50. The fourth-order valence-corrected chi connectivity index (χ4v) is 6.81. The molecule has 3 aliphatic heterocycles. The van der Waals surface area contributed by atoms with Crippen LogP contribution in [0.1, 0.15) is 38.3 Å². The third-order valence-electron chi connectivity index (χ3n) is 6.75. The third-order valence-corrected chi connectivity index (χ3v) is 8.54. The maximum absolute atomic E-state index is 13.6. The van der Waals surface area contributed by atoms with E-state index in [0.29, 0.717) is 25.0 Å². The van der Waals surface area contributed by atoms with Gasteiger partial charge < -0.3 is 4.74 Å². The summed E-state index contributed by atoms with van der Waals surface area (Å²) in [7, 11) is -1.84. The van der Waals surface area contributed by atoms with Crippen molar-refractivity contribution in [2.24, 2.45) is 11.8 Å². The highest BCUT2D eigenvalue weighted by atomic mass is 31.2. The molecule has 0 spiro atoms. The molecule has 3 aliphatic rings. The molecular formula is C24H34N3O4P. The maximum Gasteiger partial charge on any atom is 0.406 e. The second kappa shape index (κ2) is 10.0. The molecule has 5 atom stereocenters. The lowest BCUT2D eigenvalue weighted by molar-refractivity contribution is 0.00315. The van der Waals surface area contributed by atoms with Gasteiger partial charge in [0, 0.05) is 24.2 Å². The second-order valence-corrected chi connectivity index (χ2v) is 10.2. The molecule has 7 nitrogen and oxygen atoms in total. The van der Waals surface area contributed by atoms with Crippen LogP contribution in [0.25, 0.3) is 10.9 Å². The zero-order chi connectivity index (χ0) is 22.7. The van der Waals surface area contributed by atoms with Crippen LogP contribution in [0.2, 0.25) is 0 Å². The molecule has 4 heterocycles. The fraction of sp³-hybridized carbons (Fsp3) is 0.542. The zero-order valence-electron chi connectivity index (χ0n) is 19.2. The van der Waals surface area contributed by atoms with E-state index in [9.17, 15) is 4.57 Å². The van der Waals surface area contributed by atoms with Gasteiger partial charge in [0.05, 0.1) is 31.9 Å². The Labute approximate surface area is 190 Å². The van der Waals surface area contributed by atoms with Crippen LogP contribution in [0, 0.1) is 11.8 Å². The van der Waals surface area contributed by atoms with Crippen LogP contribution in [0.5, 0.6) is 5.75 Å². The summed E-state index contributed by atoms with van der Waals surface area (Å²) in [4.78, 5) is 7.04.